The summed E-state index contributed by atoms with van der Waals surface area (Å²) in [6.07, 6.45) is 0.813. The molecule has 0 bridgehead atoms. The molecule has 8 heteroatoms. The lowest BCUT2D eigenvalue weighted by Gasteiger charge is -2.04. The third-order valence-electron chi connectivity index (χ3n) is 2.38. The van der Waals surface area contributed by atoms with E-state index in [9.17, 15) is 19.1 Å². The number of carbonyl (C=O) groups is 2. The van der Waals surface area contributed by atoms with E-state index in [-0.39, 0.29) is 10.7 Å². The Morgan fingerprint density at radius 2 is 2.25 bits per heavy atom. The van der Waals surface area contributed by atoms with Crippen molar-refractivity contribution in [3.05, 3.63) is 35.6 Å². The Bertz CT molecular complexity index is 603. The van der Waals surface area contributed by atoms with Gasteiger partial charge in [0.15, 0.2) is 5.17 Å². The van der Waals surface area contributed by atoms with Gasteiger partial charge in [-0.25, -0.2) is 4.39 Å². The molecule has 0 spiro atoms. The van der Waals surface area contributed by atoms with Crippen LogP contribution in [0.15, 0.2) is 34.5 Å². The van der Waals surface area contributed by atoms with Gasteiger partial charge in [-0.05, 0) is 6.07 Å². The zero-order chi connectivity index (χ0) is 14.5. The van der Waals surface area contributed by atoms with Gasteiger partial charge >= 0.3 is 0 Å². The lowest BCUT2D eigenvalue weighted by atomic mass is 10.2. The molecule has 0 saturated carbocycles. The number of halogens is 1. The Labute approximate surface area is 117 Å². The number of rotatable bonds is 4. The van der Waals surface area contributed by atoms with Crippen LogP contribution in [0.3, 0.4) is 0 Å². The lowest BCUT2D eigenvalue weighted by molar-refractivity contribution is -0.305. The summed E-state index contributed by atoms with van der Waals surface area (Å²) < 4.78 is 13.3. The quantitative estimate of drug-likeness (QED) is 0.619. The number of aliphatic carboxylic acids is 1. The topological polar surface area (TPSA) is 93.9 Å². The number of amidine groups is 1. The predicted molar refractivity (Wildman–Crippen MR) is 70.6 cm³/mol. The molecule has 0 aromatic heterocycles. The SMILES string of the molecule is O=C([O-])C[C@H]1S/C(=N/N=C\c2ccccc2F)NC1=O. The van der Waals surface area contributed by atoms with Crippen LogP contribution in [0.5, 0.6) is 0 Å². The van der Waals surface area contributed by atoms with Gasteiger partial charge in [0.05, 0.1) is 11.5 Å². The van der Waals surface area contributed by atoms with Crippen LogP contribution in [-0.4, -0.2) is 28.5 Å². The minimum absolute atomic E-state index is 0.175. The van der Waals surface area contributed by atoms with E-state index >= 15 is 0 Å². The highest BCUT2D eigenvalue weighted by atomic mass is 32.2. The van der Waals surface area contributed by atoms with E-state index < -0.39 is 29.4 Å². The molecule has 2 rings (SSSR count). The largest absolute Gasteiger partial charge is 0.550 e. The summed E-state index contributed by atoms with van der Waals surface area (Å²) >= 11 is 0.947. The maximum absolute atomic E-state index is 13.3. The number of nitrogens with zero attached hydrogens (tertiary/aromatic N) is 2. The molecule has 0 aliphatic carbocycles. The summed E-state index contributed by atoms with van der Waals surface area (Å²) in [6.45, 7) is 0. The van der Waals surface area contributed by atoms with Gasteiger partial charge in [0.1, 0.15) is 5.82 Å². The van der Waals surface area contributed by atoms with Crippen molar-refractivity contribution in [1.29, 1.82) is 0 Å². The van der Waals surface area contributed by atoms with Gasteiger partial charge in [-0.2, -0.15) is 5.10 Å². The lowest BCUT2D eigenvalue weighted by Crippen LogP contribution is -2.31. The summed E-state index contributed by atoms with van der Waals surface area (Å²) in [6, 6.07) is 6.02. The molecule has 0 unspecified atom stereocenters. The highest BCUT2D eigenvalue weighted by Crippen LogP contribution is 2.21. The first-order valence-electron chi connectivity index (χ1n) is 5.59. The monoisotopic (exact) mass is 294 g/mol. The van der Waals surface area contributed by atoms with Gasteiger partial charge in [0.25, 0.3) is 0 Å². The third kappa shape index (κ3) is 3.64. The van der Waals surface area contributed by atoms with E-state index in [0.29, 0.717) is 0 Å². The number of hydrogen-bond donors (Lipinski definition) is 1. The van der Waals surface area contributed by atoms with E-state index in [1.54, 1.807) is 12.1 Å². The van der Waals surface area contributed by atoms with Crippen LogP contribution in [0, 0.1) is 5.82 Å². The number of thioether (sulfide) groups is 1. The van der Waals surface area contributed by atoms with Crippen molar-refractivity contribution >= 4 is 35.0 Å². The van der Waals surface area contributed by atoms with Crippen molar-refractivity contribution in [2.24, 2.45) is 10.2 Å². The van der Waals surface area contributed by atoms with Crippen LogP contribution in [0.4, 0.5) is 4.39 Å². The minimum Gasteiger partial charge on any atom is -0.550 e. The second kappa shape index (κ2) is 6.29. The second-order valence-corrected chi connectivity index (χ2v) is 5.03. The van der Waals surface area contributed by atoms with Gasteiger partial charge in [-0.15, -0.1) is 5.10 Å². The fraction of sp³-hybridized carbons (Fsp3) is 0.167. The van der Waals surface area contributed by atoms with Crippen molar-refractivity contribution in [2.45, 2.75) is 11.7 Å². The fourth-order valence-corrected chi connectivity index (χ4v) is 2.37. The number of amides is 1. The molecule has 0 radical (unpaired) electrons. The van der Waals surface area contributed by atoms with E-state index in [1.807, 2.05) is 0 Å². The Morgan fingerprint density at radius 3 is 2.95 bits per heavy atom. The van der Waals surface area contributed by atoms with E-state index in [0.717, 1.165) is 11.8 Å². The van der Waals surface area contributed by atoms with Crippen molar-refractivity contribution < 1.29 is 19.1 Å². The Balaban J connectivity index is 2.01. The van der Waals surface area contributed by atoms with Gasteiger partial charge < -0.3 is 15.2 Å². The van der Waals surface area contributed by atoms with Crippen LogP contribution < -0.4 is 10.4 Å². The zero-order valence-electron chi connectivity index (χ0n) is 10.1. The number of carboxylic acids is 1. The van der Waals surface area contributed by atoms with E-state index in [2.05, 4.69) is 15.5 Å². The summed E-state index contributed by atoms with van der Waals surface area (Å²) in [5, 5.41) is 19.6. The molecule has 1 aromatic carbocycles. The molecule has 1 heterocycles. The third-order valence-corrected chi connectivity index (χ3v) is 3.45. The minimum atomic E-state index is -1.31. The maximum Gasteiger partial charge on any atom is 0.239 e. The molecule has 104 valence electrons. The first kappa shape index (κ1) is 14.2. The smallest absolute Gasteiger partial charge is 0.239 e. The molecule has 1 aliphatic rings. The second-order valence-electron chi connectivity index (χ2n) is 3.84. The predicted octanol–water partition coefficient (Wildman–Crippen LogP) is -0.113. The fourth-order valence-electron chi connectivity index (χ4n) is 1.46. The molecule has 1 saturated heterocycles. The molecular weight excluding hydrogens is 285 g/mol. The van der Waals surface area contributed by atoms with Crippen LogP contribution >= 0.6 is 11.8 Å². The molecule has 1 aromatic rings. The molecule has 1 fully saturated rings. The number of carboxylic acid groups (broad SMARTS) is 1. The first-order chi connectivity index (χ1) is 9.56. The number of benzene rings is 1. The summed E-state index contributed by atoms with van der Waals surface area (Å²) in [5.74, 6) is -2.21. The number of carbonyl (C=O) groups excluding carboxylic acids is 2. The normalized spacial score (nSPS) is 20.6. The summed E-state index contributed by atoms with van der Waals surface area (Å²) in [4.78, 5) is 21.8. The van der Waals surface area contributed by atoms with Gasteiger partial charge in [0.2, 0.25) is 5.91 Å². The van der Waals surface area contributed by atoms with Crippen molar-refractivity contribution in [3.8, 4) is 0 Å². The van der Waals surface area contributed by atoms with Crippen molar-refractivity contribution in [1.82, 2.24) is 5.32 Å². The van der Waals surface area contributed by atoms with Crippen LogP contribution in [0.2, 0.25) is 0 Å². The summed E-state index contributed by atoms with van der Waals surface area (Å²) in [5.41, 5.74) is 0.262. The Hall–Kier alpha value is -2.22. The van der Waals surface area contributed by atoms with E-state index in [1.165, 1.54) is 18.3 Å². The van der Waals surface area contributed by atoms with Gasteiger partial charge in [0, 0.05) is 18.0 Å². The van der Waals surface area contributed by atoms with Crippen LogP contribution in [-0.2, 0) is 9.59 Å². The standard InChI is InChI=1S/C12H10FN3O3S/c13-8-4-2-1-3-7(8)6-14-16-12-15-11(19)9(20-12)5-10(17)18/h1-4,6,9H,5H2,(H,17,18)(H,15,16,19)/p-1/b14-6-/t9-/m1/s1. The molecule has 1 N–H and O–H groups in total. The highest BCUT2D eigenvalue weighted by molar-refractivity contribution is 8.15. The number of hydrogen-bond acceptors (Lipinski definition) is 6. The molecule has 1 atom stereocenters. The molecule has 1 amide bonds. The highest BCUT2D eigenvalue weighted by Gasteiger charge is 2.30. The average Bonchev–Trinajstić information content (AvgIpc) is 2.72. The van der Waals surface area contributed by atoms with Crippen LogP contribution in [0.25, 0.3) is 0 Å². The van der Waals surface area contributed by atoms with Crippen molar-refractivity contribution in [3.63, 3.8) is 0 Å². The number of nitrogens with one attached hydrogen (secondary N) is 1. The average molecular weight is 294 g/mol. The molecular formula is C12H9FN3O3S-. The molecule has 6 nitrogen and oxygen atoms in total. The van der Waals surface area contributed by atoms with E-state index in [4.69, 9.17) is 0 Å². The Morgan fingerprint density at radius 1 is 1.50 bits per heavy atom. The summed E-state index contributed by atoms with van der Waals surface area (Å²) in [7, 11) is 0. The first-order valence-corrected chi connectivity index (χ1v) is 6.47. The molecule has 20 heavy (non-hydrogen) atoms. The zero-order valence-corrected chi connectivity index (χ0v) is 10.9. The van der Waals surface area contributed by atoms with Crippen LogP contribution in [0.1, 0.15) is 12.0 Å². The van der Waals surface area contributed by atoms with Crippen molar-refractivity contribution in [2.75, 3.05) is 0 Å². The Kier molecular flexibility index (Phi) is 4.46. The van der Waals surface area contributed by atoms with Gasteiger partial charge in [-0.3, -0.25) is 4.79 Å². The maximum atomic E-state index is 13.3. The van der Waals surface area contributed by atoms with Gasteiger partial charge in [-0.1, -0.05) is 30.0 Å². The molecule has 1 aliphatic heterocycles.